The first-order valence-corrected chi connectivity index (χ1v) is 9.64. The predicted octanol–water partition coefficient (Wildman–Crippen LogP) is 2.90. The molecule has 0 heterocycles. The van der Waals surface area contributed by atoms with Crippen molar-refractivity contribution in [2.24, 2.45) is 0 Å². The van der Waals surface area contributed by atoms with Gasteiger partial charge in [0, 0.05) is 11.4 Å². The van der Waals surface area contributed by atoms with Gasteiger partial charge in [-0.1, -0.05) is 36.4 Å². The second kappa shape index (κ2) is 9.99. The Balaban J connectivity index is 1.78. The van der Waals surface area contributed by atoms with Gasteiger partial charge < -0.3 is 10.6 Å². The molecule has 0 unspecified atom stereocenters. The Morgan fingerprint density at radius 3 is 2.38 bits per heavy atom. The summed E-state index contributed by atoms with van der Waals surface area (Å²) >= 11 is 1.58. The minimum atomic E-state index is -0.138. The molecule has 2 aromatic rings. The van der Waals surface area contributed by atoms with Gasteiger partial charge in [0.1, 0.15) is 0 Å². The molecule has 0 bridgehead atoms. The molecule has 0 aliphatic carbocycles. The van der Waals surface area contributed by atoms with E-state index in [1.54, 1.807) is 23.7 Å². The second-order valence-corrected chi connectivity index (χ2v) is 6.97. The number of likely N-dealkylation sites (N-methyl/N-ethyl adjacent to an activating group) is 1. The molecular weight excluding hydrogens is 346 g/mol. The molecule has 2 aromatic carbocycles. The van der Waals surface area contributed by atoms with E-state index in [9.17, 15) is 9.59 Å². The van der Waals surface area contributed by atoms with Crippen LogP contribution in [0, 0.1) is 6.92 Å². The zero-order chi connectivity index (χ0) is 18.9. The number of aryl methyl sites for hydroxylation is 1. The van der Waals surface area contributed by atoms with E-state index >= 15 is 0 Å². The number of carbonyl (C=O) groups is 2. The number of rotatable bonds is 8. The lowest BCUT2D eigenvalue weighted by Crippen LogP contribution is -2.38. The number of carbonyl (C=O) groups excluding carboxylic acids is 2. The molecular formula is C20H25N3O2S. The van der Waals surface area contributed by atoms with Gasteiger partial charge in [-0.2, -0.15) is 0 Å². The summed E-state index contributed by atoms with van der Waals surface area (Å²) in [6.07, 6.45) is 1.97. The van der Waals surface area contributed by atoms with Gasteiger partial charge in [0.25, 0.3) is 0 Å². The third kappa shape index (κ3) is 6.20. The Bertz CT molecular complexity index is 764. The van der Waals surface area contributed by atoms with Gasteiger partial charge >= 0.3 is 0 Å². The number of hydrogen-bond donors (Lipinski definition) is 2. The van der Waals surface area contributed by atoms with Crippen LogP contribution < -0.4 is 10.6 Å². The Hall–Kier alpha value is -2.31. The van der Waals surface area contributed by atoms with Crippen molar-refractivity contribution in [1.29, 1.82) is 0 Å². The van der Waals surface area contributed by atoms with Crippen molar-refractivity contribution in [2.75, 3.05) is 31.7 Å². The number of amides is 2. The largest absolute Gasteiger partial charge is 0.351 e. The van der Waals surface area contributed by atoms with Gasteiger partial charge in [-0.05, 0) is 43.5 Å². The number of hydrogen-bond acceptors (Lipinski definition) is 4. The molecule has 26 heavy (non-hydrogen) atoms. The molecule has 6 heteroatoms. The molecule has 2 N–H and O–H groups in total. The zero-order valence-electron chi connectivity index (χ0n) is 15.4. The first kappa shape index (κ1) is 20.0. The molecule has 0 saturated carbocycles. The minimum Gasteiger partial charge on any atom is -0.351 e. The van der Waals surface area contributed by atoms with Gasteiger partial charge in [-0.25, -0.2) is 0 Å². The second-order valence-electron chi connectivity index (χ2n) is 6.12. The maximum Gasteiger partial charge on any atom is 0.238 e. The van der Waals surface area contributed by atoms with Crippen molar-refractivity contribution in [3.63, 3.8) is 0 Å². The van der Waals surface area contributed by atoms with Crippen LogP contribution in [0.2, 0.25) is 0 Å². The van der Waals surface area contributed by atoms with E-state index in [1.165, 1.54) is 0 Å². The van der Waals surface area contributed by atoms with E-state index in [-0.39, 0.29) is 24.9 Å². The quantitative estimate of drug-likeness (QED) is 0.701. The van der Waals surface area contributed by atoms with Crippen molar-refractivity contribution in [3.05, 3.63) is 59.7 Å². The van der Waals surface area contributed by atoms with Gasteiger partial charge in [-0.15, -0.1) is 11.8 Å². The Kier molecular flexibility index (Phi) is 7.69. The first-order valence-electron chi connectivity index (χ1n) is 8.42. The summed E-state index contributed by atoms with van der Waals surface area (Å²) in [5.74, 6) is -0.242. The fourth-order valence-electron chi connectivity index (χ4n) is 2.54. The highest BCUT2D eigenvalue weighted by molar-refractivity contribution is 7.98. The molecule has 0 radical (unpaired) electrons. The molecule has 0 aromatic heterocycles. The summed E-state index contributed by atoms with van der Waals surface area (Å²) in [7, 11) is 1.76. The molecule has 0 aliphatic rings. The van der Waals surface area contributed by atoms with Gasteiger partial charge in [0.2, 0.25) is 11.8 Å². The molecule has 138 valence electrons. The monoisotopic (exact) mass is 371 g/mol. The van der Waals surface area contributed by atoms with Crippen LogP contribution >= 0.6 is 11.8 Å². The summed E-state index contributed by atoms with van der Waals surface area (Å²) in [5.41, 5.74) is 3.03. The Morgan fingerprint density at radius 2 is 1.65 bits per heavy atom. The van der Waals surface area contributed by atoms with Crippen LogP contribution in [0.4, 0.5) is 5.69 Å². The van der Waals surface area contributed by atoms with E-state index in [4.69, 9.17) is 0 Å². The smallest absolute Gasteiger partial charge is 0.238 e. The van der Waals surface area contributed by atoms with Gasteiger partial charge in [0.15, 0.2) is 0 Å². The van der Waals surface area contributed by atoms with Crippen molar-refractivity contribution >= 4 is 29.3 Å². The Labute approximate surface area is 159 Å². The van der Waals surface area contributed by atoms with E-state index in [1.807, 2.05) is 61.7 Å². The van der Waals surface area contributed by atoms with Crippen LogP contribution in [-0.4, -0.2) is 43.1 Å². The van der Waals surface area contributed by atoms with Gasteiger partial charge in [0.05, 0.1) is 18.8 Å². The van der Waals surface area contributed by atoms with Crippen LogP contribution in [0.25, 0.3) is 0 Å². The fraction of sp³-hybridized carbons (Fsp3) is 0.300. The molecule has 5 nitrogen and oxygen atoms in total. The van der Waals surface area contributed by atoms with E-state index in [0.717, 1.165) is 21.7 Å². The minimum absolute atomic E-state index is 0.104. The van der Waals surface area contributed by atoms with Crippen LogP contribution in [0.3, 0.4) is 0 Å². The maximum atomic E-state index is 12.2. The van der Waals surface area contributed by atoms with Crippen molar-refractivity contribution in [3.8, 4) is 0 Å². The Morgan fingerprint density at radius 1 is 1.00 bits per heavy atom. The highest BCUT2D eigenvalue weighted by Gasteiger charge is 2.12. The van der Waals surface area contributed by atoms with E-state index < -0.39 is 0 Å². The standard InChI is InChI=1S/C20H25N3O2S/c1-15-8-4-5-9-16(15)12-21-19(24)13-23(2)14-20(25)22-17-10-6-7-11-18(17)26-3/h4-11H,12-14H2,1-3H3,(H,21,24)(H,22,25). The number of thioether (sulfide) groups is 1. The molecule has 0 saturated heterocycles. The zero-order valence-corrected chi connectivity index (χ0v) is 16.2. The lowest BCUT2D eigenvalue weighted by molar-refractivity contribution is -0.123. The van der Waals surface area contributed by atoms with Crippen LogP contribution in [0.15, 0.2) is 53.4 Å². The molecule has 0 aliphatic heterocycles. The number of anilines is 1. The highest BCUT2D eigenvalue weighted by atomic mass is 32.2. The van der Waals surface area contributed by atoms with E-state index in [2.05, 4.69) is 10.6 Å². The summed E-state index contributed by atoms with van der Waals surface area (Å²) in [5, 5.41) is 5.79. The van der Waals surface area contributed by atoms with Crippen molar-refractivity contribution in [1.82, 2.24) is 10.2 Å². The predicted molar refractivity (Wildman–Crippen MR) is 107 cm³/mol. The topological polar surface area (TPSA) is 61.4 Å². The lowest BCUT2D eigenvalue weighted by Gasteiger charge is -2.17. The number of nitrogens with one attached hydrogen (secondary N) is 2. The van der Waals surface area contributed by atoms with E-state index in [0.29, 0.717) is 6.54 Å². The number of benzene rings is 2. The number of nitrogens with zero attached hydrogens (tertiary/aromatic N) is 1. The summed E-state index contributed by atoms with van der Waals surface area (Å²) in [6, 6.07) is 15.6. The first-order chi connectivity index (χ1) is 12.5. The molecule has 0 spiro atoms. The average molecular weight is 372 g/mol. The summed E-state index contributed by atoms with van der Waals surface area (Å²) < 4.78 is 0. The lowest BCUT2D eigenvalue weighted by atomic mass is 10.1. The van der Waals surface area contributed by atoms with Crippen LogP contribution in [0.5, 0.6) is 0 Å². The number of para-hydroxylation sites is 1. The van der Waals surface area contributed by atoms with Crippen molar-refractivity contribution < 1.29 is 9.59 Å². The fourth-order valence-corrected chi connectivity index (χ4v) is 3.10. The maximum absolute atomic E-state index is 12.2. The van der Waals surface area contributed by atoms with Crippen LogP contribution in [0.1, 0.15) is 11.1 Å². The molecule has 2 rings (SSSR count). The summed E-state index contributed by atoms with van der Waals surface area (Å²) in [4.78, 5) is 27.0. The SMILES string of the molecule is CSc1ccccc1NC(=O)CN(C)CC(=O)NCc1ccccc1C. The normalized spacial score (nSPS) is 10.6. The van der Waals surface area contributed by atoms with Crippen LogP contribution in [-0.2, 0) is 16.1 Å². The molecule has 0 fully saturated rings. The average Bonchev–Trinajstić information content (AvgIpc) is 2.61. The molecule has 2 amide bonds. The molecule has 0 atom stereocenters. The van der Waals surface area contributed by atoms with Gasteiger partial charge in [-0.3, -0.25) is 14.5 Å². The highest BCUT2D eigenvalue weighted by Crippen LogP contribution is 2.24. The summed E-state index contributed by atoms with van der Waals surface area (Å²) in [6.45, 7) is 2.83. The van der Waals surface area contributed by atoms with Crippen molar-refractivity contribution in [2.45, 2.75) is 18.4 Å². The third-order valence-electron chi connectivity index (χ3n) is 3.95. The third-order valence-corrected chi connectivity index (χ3v) is 4.74.